The predicted octanol–water partition coefficient (Wildman–Crippen LogP) is 2.39. The molecule has 0 fully saturated rings. The largest absolute Gasteiger partial charge is 0.393 e. The maximum atomic E-state index is 12.6. The minimum Gasteiger partial charge on any atom is -0.393 e. The third-order valence-electron chi connectivity index (χ3n) is 6.05. The van der Waals surface area contributed by atoms with Crippen LogP contribution in [-0.4, -0.2) is 54.1 Å². The number of hydrogen-bond donors (Lipinski definition) is 3. The van der Waals surface area contributed by atoms with Crippen LogP contribution in [0.4, 0.5) is 5.95 Å². The van der Waals surface area contributed by atoms with Gasteiger partial charge in [-0.3, -0.25) is 4.79 Å². The van der Waals surface area contributed by atoms with E-state index in [0.717, 1.165) is 42.6 Å². The molecule has 1 amide bonds. The molecule has 2 heterocycles. The van der Waals surface area contributed by atoms with E-state index >= 15 is 0 Å². The van der Waals surface area contributed by atoms with Gasteiger partial charge in [0.15, 0.2) is 0 Å². The van der Waals surface area contributed by atoms with Crippen molar-refractivity contribution < 1.29 is 9.53 Å². The summed E-state index contributed by atoms with van der Waals surface area (Å²) in [6, 6.07) is 0.321. The van der Waals surface area contributed by atoms with E-state index in [4.69, 9.17) is 9.72 Å². The fourth-order valence-electron chi connectivity index (χ4n) is 4.33. The Hall–Kier alpha value is -3.13. The smallest absolute Gasteiger partial charge is 0.249 e. The van der Waals surface area contributed by atoms with E-state index in [1.807, 2.05) is 26.5 Å². The molecule has 1 atom stereocenters. The van der Waals surface area contributed by atoms with Gasteiger partial charge >= 0.3 is 0 Å². The molecule has 0 spiro atoms. The lowest BCUT2D eigenvalue weighted by atomic mass is 10.1. The fraction of sp³-hybridized carbons (Fsp3) is 0.458. The summed E-state index contributed by atoms with van der Waals surface area (Å²) >= 11 is 0. The van der Waals surface area contributed by atoms with Gasteiger partial charge in [0.05, 0.1) is 18.8 Å². The van der Waals surface area contributed by atoms with Gasteiger partial charge in [-0.05, 0) is 24.8 Å². The minimum absolute atomic E-state index is 0.0234. The van der Waals surface area contributed by atoms with Gasteiger partial charge in [-0.2, -0.15) is 0 Å². The molecule has 1 aromatic heterocycles. The molecular formula is C24H32N6O2. The number of nitrogens with one attached hydrogen (secondary N) is 3. The summed E-state index contributed by atoms with van der Waals surface area (Å²) in [5.74, 6) is 0.622. The van der Waals surface area contributed by atoms with Crippen molar-refractivity contribution in [3.8, 4) is 0 Å². The fourth-order valence-corrected chi connectivity index (χ4v) is 4.33. The predicted molar refractivity (Wildman–Crippen MR) is 124 cm³/mol. The van der Waals surface area contributed by atoms with Crippen molar-refractivity contribution in [3.63, 3.8) is 0 Å². The lowest BCUT2D eigenvalue weighted by Gasteiger charge is -2.15. The van der Waals surface area contributed by atoms with E-state index in [1.54, 1.807) is 4.90 Å². The molecule has 4 rings (SSSR count). The normalized spacial score (nSPS) is 19.6. The number of ether oxygens (including phenoxy) is 1. The highest BCUT2D eigenvalue weighted by molar-refractivity contribution is 5.78. The average molecular weight is 437 g/mol. The third-order valence-corrected chi connectivity index (χ3v) is 6.05. The molecule has 0 unspecified atom stereocenters. The van der Waals surface area contributed by atoms with Crippen molar-refractivity contribution in [3.05, 3.63) is 64.8 Å². The van der Waals surface area contributed by atoms with Crippen LogP contribution in [0.5, 0.6) is 0 Å². The second kappa shape index (κ2) is 10.5. The zero-order chi connectivity index (χ0) is 22.3. The second-order valence-electron chi connectivity index (χ2n) is 8.30. The highest BCUT2D eigenvalue weighted by Crippen LogP contribution is 2.33. The van der Waals surface area contributed by atoms with Crippen LogP contribution >= 0.6 is 0 Å². The van der Waals surface area contributed by atoms with Crippen LogP contribution < -0.4 is 16.0 Å². The average Bonchev–Trinajstić information content (AvgIpc) is 3.32. The Labute approximate surface area is 189 Å². The first-order valence-electron chi connectivity index (χ1n) is 11.2. The van der Waals surface area contributed by atoms with Crippen molar-refractivity contribution in [2.45, 2.75) is 44.8 Å². The van der Waals surface area contributed by atoms with Gasteiger partial charge in [-0.25, -0.2) is 9.97 Å². The molecule has 1 aromatic rings. The molecule has 3 aliphatic rings. The monoisotopic (exact) mass is 436 g/mol. The van der Waals surface area contributed by atoms with E-state index in [0.29, 0.717) is 31.7 Å². The Morgan fingerprint density at radius 1 is 1.28 bits per heavy atom. The van der Waals surface area contributed by atoms with E-state index in [2.05, 4.69) is 45.2 Å². The quantitative estimate of drug-likeness (QED) is 0.512. The number of carbonyl (C=O) groups excluding carboxylic acids is 1. The highest BCUT2D eigenvalue weighted by Gasteiger charge is 2.27. The molecule has 0 bridgehead atoms. The third kappa shape index (κ3) is 5.37. The van der Waals surface area contributed by atoms with Crippen molar-refractivity contribution >= 4 is 11.9 Å². The molecular weight excluding hydrogens is 404 g/mol. The number of carbonyl (C=O) groups is 1. The van der Waals surface area contributed by atoms with Crippen LogP contribution in [-0.2, 0) is 22.6 Å². The molecule has 0 saturated carbocycles. The van der Waals surface area contributed by atoms with E-state index in [9.17, 15) is 4.79 Å². The minimum atomic E-state index is -0.0234. The Morgan fingerprint density at radius 2 is 2.19 bits per heavy atom. The number of anilines is 1. The first-order valence-corrected chi connectivity index (χ1v) is 11.2. The maximum Gasteiger partial charge on any atom is 0.249 e. The molecule has 2 aliphatic carbocycles. The van der Waals surface area contributed by atoms with Crippen molar-refractivity contribution in [1.29, 1.82) is 0 Å². The number of amides is 1. The summed E-state index contributed by atoms with van der Waals surface area (Å²) in [6.45, 7) is 1.60. The SMILES string of the molecule is CN/C=C(/CCOCC(=O)N1Cc2cnc(N[C@H]3CC4=C(CC=CC=C4)C3)nc2C1)NC. The molecule has 0 saturated heterocycles. The van der Waals surface area contributed by atoms with Crippen LogP contribution in [0.3, 0.4) is 0 Å². The summed E-state index contributed by atoms with van der Waals surface area (Å²) in [6.07, 6.45) is 16.1. The Kier molecular flexibility index (Phi) is 7.21. The second-order valence-corrected chi connectivity index (χ2v) is 8.30. The molecule has 32 heavy (non-hydrogen) atoms. The Morgan fingerprint density at radius 3 is 3.03 bits per heavy atom. The number of hydrogen-bond acceptors (Lipinski definition) is 7. The molecule has 1 aliphatic heterocycles. The number of allylic oxidation sites excluding steroid dienone is 4. The molecule has 8 heteroatoms. The van der Waals surface area contributed by atoms with Gasteiger partial charge in [-0.1, -0.05) is 29.9 Å². The number of fused-ring (bicyclic) bond motifs is 1. The van der Waals surface area contributed by atoms with Gasteiger partial charge in [0.25, 0.3) is 0 Å². The standard InChI is InChI=1S/C24H32N6O2/c1-25-13-20(26-2)8-9-32-16-23(31)30-14-19-12-27-24(29-22(19)15-30)28-21-10-17-6-4-3-5-7-18(17)11-21/h3-6,12-13,21,25-26H,7-11,14-16H2,1-2H3,(H,27,28,29)/b20-13-/t21-/m0/s1. The molecule has 3 N–H and O–H groups in total. The summed E-state index contributed by atoms with van der Waals surface area (Å²) < 4.78 is 5.59. The van der Waals surface area contributed by atoms with Crippen LogP contribution in [0.2, 0.25) is 0 Å². The van der Waals surface area contributed by atoms with Crippen LogP contribution in [0.15, 0.2) is 53.5 Å². The molecule has 0 radical (unpaired) electrons. The van der Waals surface area contributed by atoms with Crippen LogP contribution in [0.25, 0.3) is 0 Å². The molecule has 0 aromatic carbocycles. The Balaban J connectivity index is 1.25. The number of rotatable bonds is 9. The van der Waals surface area contributed by atoms with Gasteiger partial charge in [0.1, 0.15) is 6.61 Å². The zero-order valence-corrected chi connectivity index (χ0v) is 18.9. The first kappa shape index (κ1) is 22.1. The van der Waals surface area contributed by atoms with E-state index < -0.39 is 0 Å². The van der Waals surface area contributed by atoms with Crippen molar-refractivity contribution in [2.75, 3.05) is 32.6 Å². The first-order chi connectivity index (χ1) is 15.7. The van der Waals surface area contributed by atoms with E-state index in [1.165, 1.54) is 11.1 Å². The van der Waals surface area contributed by atoms with Crippen LogP contribution in [0.1, 0.15) is 36.9 Å². The summed E-state index contributed by atoms with van der Waals surface area (Å²) in [5, 5.41) is 9.58. The summed E-state index contributed by atoms with van der Waals surface area (Å²) in [5.41, 5.74) is 5.87. The zero-order valence-electron chi connectivity index (χ0n) is 18.9. The van der Waals surface area contributed by atoms with Gasteiger partial charge in [0.2, 0.25) is 11.9 Å². The maximum absolute atomic E-state index is 12.6. The summed E-state index contributed by atoms with van der Waals surface area (Å²) in [7, 11) is 3.72. The number of aromatic nitrogens is 2. The van der Waals surface area contributed by atoms with Crippen molar-refractivity contribution in [1.82, 2.24) is 25.5 Å². The number of nitrogens with zero attached hydrogens (tertiary/aromatic N) is 3. The lowest BCUT2D eigenvalue weighted by Crippen LogP contribution is -2.29. The highest BCUT2D eigenvalue weighted by atomic mass is 16.5. The summed E-state index contributed by atoms with van der Waals surface area (Å²) in [4.78, 5) is 23.6. The lowest BCUT2D eigenvalue weighted by molar-refractivity contribution is -0.136. The van der Waals surface area contributed by atoms with Gasteiger partial charge in [0, 0.05) is 56.8 Å². The van der Waals surface area contributed by atoms with Crippen LogP contribution in [0, 0.1) is 0 Å². The Bertz CT molecular complexity index is 965. The molecule has 8 nitrogen and oxygen atoms in total. The van der Waals surface area contributed by atoms with E-state index in [-0.39, 0.29) is 12.5 Å². The topological polar surface area (TPSA) is 91.4 Å². The van der Waals surface area contributed by atoms with Gasteiger partial charge < -0.3 is 25.6 Å². The van der Waals surface area contributed by atoms with Gasteiger partial charge in [-0.15, -0.1) is 0 Å². The van der Waals surface area contributed by atoms with Crippen molar-refractivity contribution in [2.24, 2.45) is 0 Å². The molecule has 170 valence electrons.